The third-order valence-corrected chi connectivity index (χ3v) is 2.38. The number of nitro groups is 1. The monoisotopic (exact) mass is 254 g/mol. The van der Waals surface area contributed by atoms with Gasteiger partial charge >= 0.3 is 5.69 Å². The Kier molecular flexibility index (Phi) is 6.10. The van der Waals surface area contributed by atoms with Gasteiger partial charge in [0, 0.05) is 12.6 Å². The minimum Gasteiger partial charge on any atom is -0.490 e. The highest BCUT2D eigenvalue weighted by molar-refractivity contribution is 5.48. The summed E-state index contributed by atoms with van der Waals surface area (Å²) < 4.78 is 10.3. The van der Waals surface area contributed by atoms with Crippen molar-refractivity contribution in [1.29, 1.82) is 0 Å². The molecule has 0 fully saturated rings. The lowest BCUT2D eigenvalue weighted by atomic mass is 10.2. The second-order valence-electron chi connectivity index (χ2n) is 3.67. The van der Waals surface area contributed by atoms with Gasteiger partial charge in [-0.25, -0.2) is 0 Å². The van der Waals surface area contributed by atoms with Crippen LogP contribution in [0.15, 0.2) is 18.2 Å². The first-order chi connectivity index (χ1) is 8.69. The van der Waals surface area contributed by atoms with Gasteiger partial charge in [-0.3, -0.25) is 10.1 Å². The maximum atomic E-state index is 10.8. The van der Waals surface area contributed by atoms with Gasteiger partial charge in [-0.2, -0.15) is 0 Å². The number of benzene rings is 1. The standard InChI is InChI=1S/C12H18N2O4/c1-3-13-6-7-18-9-10-4-5-12(17-2)11(8-10)14(15)16/h4-5,8,13H,3,6-7,9H2,1-2H3. The molecule has 0 heterocycles. The van der Waals surface area contributed by atoms with Crippen LogP contribution in [0.3, 0.4) is 0 Å². The fourth-order valence-electron chi connectivity index (χ4n) is 1.48. The fraction of sp³-hybridized carbons (Fsp3) is 0.500. The molecule has 6 nitrogen and oxygen atoms in total. The summed E-state index contributed by atoms with van der Waals surface area (Å²) in [4.78, 5) is 10.4. The van der Waals surface area contributed by atoms with Gasteiger partial charge in [0.1, 0.15) is 0 Å². The minimum absolute atomic E-state index is 0.0368. The van der Waals surface area contributed by atoms with Crippen LogP contribution in [0.4, 0.5) is 5.69 Å². The zero-order valence-corrected chi connectivity index (χ0v) is 10.6. The van der Waals surface area contributed by atoms with Crippen molar-refractivity contribution < 1.29 is 14.4 Å². The SMILES string of the molecule is CCNCCOCc1ccc(OC)c([N+](=O)[O-])c1. The molecule has 0 amide bonds. The van der Waals surface area contributed by atoms with E-state index in [2.05, 4.69) is 5.32 Å². The Hall–Kier alpha value is -1.66. The smallest absolute Gasteiger partial charge is 0.311 e. The van der Waals surface area contributed by atoms with E-state index < -0.39 is 4.92 Å². The number of nitro benzene ring substituents is 1. The third-order valence-electron chi connectivity index (χ3n) is 2.38. The zero-order valence-electron chi connectivity index (χ0n) is 10.6. The van der Waals surface area contributed by atoms with Gasteiger partial charge in [-0.1, -0.05) is 13.0 Å². The van der Waals surface area contributed by atoms with E-state index in [1.807, 2.05) is 6.92 Å². The Morgan fingerprint density at radius 2 is 2.22 bits per heavy atom. The van der Waals surface area contributed by atoms with Crippen LogP contribution in [0.2, 0.25) is 0 Å². The number of likely N-dealkylation sites (N-methyl/N-ethyl adjacent to an activating group) is 1. The predicted molar refractivity (Wildman–Crippen MR) is 67.8 cm³/mol. The highest BCUT2D eigenvalue weighted by atomic mass is 16.6. The maximum Gasteiger partial charge on any atom is 0.311 e. The molecule has 0 aromatic heterocycles. The van der Waals surface area contributed by atoms with E-state index in [-0.39, 0.29) is 11.4 Å². The fourth-order valence-corrected chi connectivity index (χ4v) is 1.48. The van der Waals surface area contributed by atoms with E-state index in [0.29, 0.717) is 13.2 Å². The number of ether oxygens (including phenoxy) is 2. The van der Waals surface area contributed by atoms with E-state index in [9.17, 15) is 10.1 Å². The van der Waals surface area contributed by atoms with Crippen molar-refractivity contribution in [3.8, 4) is 5.75 Å². The quantitative estimate of drug-likeness (QED) is 0.434. The zero-order chi connectivity index (χ0) is 13.4. The molecule has 0 aliphatic rings. The molecule has 0 saturated carbocycles. The van der Waals surface area contributed by atoms with Crippen molar-refractivity contribution in [2.75, 3.05) is 26.8 Å². The van der Waals surface area contributed by atoms with Gasteiger partial charge in [0.15, 0.2) is 5.75 Å². The summed E-state index contributed by atoms with van der Waals surface area (Å²) in [6.07, 6.45) is 0. The maximum absolute atomic E-state index is 10.8. The average molecular weight is 254 g/mol. The number of hydrogen-bond donors (Lipinski definition) is 1. The van der Waals surface area contributed by atoms with Gasteiger partial charge in [0.2, 0.25) is 0 Å². The van der Waals surface area contributed by atoms with Gasteiger partial charge in [-0.15, -0.1) is 0 Å². The van der Waals surface area contributed by atoms with Crippen LogP contribution in [-0.4, -0.2) is 31.7 Å². The molecule has 0 unspecified atom stereocenters. The van der Waals surface area contributed by atoms with Crippen LogP contribution in [-0.2, 0) is 11.3 Å². The number of nitrogens with one attached hydrogen (secondary N) is 1. The molecule has 0 atom stereocenters. The average Bonchev–Trinajstić information content (AvgIpc) is 2.38. The molecule has 1 N–H and O–H groups in total. The van der Waals surface area contributed by atoms with Crippen molar-refractivity contribution in [1.82, 2.24) is 5.32 Å². The van der Waals surface area contributed by atoms with Crippen molar-refractivity contribution >= 4 is 5.69 Å². The Labute approximate surface area is 106 Å². The lowest BCUT2D eigenvalue weighted by molar-refractivity contribution is -0.385. The van der Waals surface area contributed by atoms with E-state index in [1.165, 1.54) is 13.2 Å². The molecule has 1 aromatic carbocycles. The summed E-state index contributed by atoms with van der Waals surface area (Å²) in [6, 6.07) is 4.83. The summed E-state index contributed by atoms with van der Waals surface area (Å²) in [5.41, 5.74) is 0.726. The summed E-state index contributed by atoms with van der Waals surface area (Å²) in [6.45, 7) is 4.63. The minimum atomic E-state index is -0.457. The van der Waals surface area contributed by atoms with Crippen LogP contribution in [0.25, 0.3) is 0 Å². The summed E-state index contributed by atoms with van der Waals surface area (Å²) in [7, 11) is 1.41. The van der Waals surface area contributed by atoms with Crippen LogP contribution in [0.5, 0.6) is 5.75 Å². The van der Waals surface area contributed by atoms with Crippen LogP contribution in [0.1, 0.15) is 12.5 Å². The van der Waals surface area contributed by atoms with E-state index >= 15 is 0 Å². The molecule has 18 heavy (non-hydrogen) atoms. The van der Waals surface area contributed by atoms with Gasteiger partial charge in [-0.05, 0) is 18.2 Å². The van der Waals surface area contributed by atoms with E-state index in [1.54, 1.807) is 12.1 Å². The highest BCUT2D eigenvalue weighted by Crippen LogP contribution is 2.27. The predicted octanol–water partition coefficient (Wildman–Crippen LogP) is 1.73. The summed E-state index contributed by atoms with van der Waals surface area (Å²) in [5.74, 6) is 0.261. The second-order valence-corrected chi connectivity index (χ2v) is 3.67. The van der Waals surface area contributed by atoms with Gasteiger partial charge in [0.05, 0.1) is 25.2 Å². The van der Waals surface area contributed by atoms with Crippen molar-refractivity contribution in [2.45, 2.75) is 13.5 Å². The molecule has 0 aliphatic heterocycles. The normalized spacial score (nSPS) is 10.3. The molecule has 1 aromatic rings. The lowest BCUT2D eigenvalue weighted by Crippen LogP contribution is -2.18. The van der Waals surface area contributed by atoms with E-state index in [0.717, 1.165) is 18.7 Å². The van der Waals surface area contributed by atoms with Crippen molar-refractivity contribution in [3.05, 3.63) is 33.9 Å². The molecule has 6 heteroatoms. The molecule has 0 radical (unpaired) electrons. The first kappa shape index (κ1) is 14.4. The summed E-state index contributed by atoms with van der Waals surface area (Å²) >= 11 is 0. The molecule has 0 spiro atoms. The molecule has 100 valence electrons. The molecule has 0 aliphatic carbocycles. The molecular weight excluding hydrogens is 236 g/mol. The van der Waals surface area contributed by atoms with Crippen molar-refractivity contribution in [3.63, 3.8) is 0 Å². The molecule has 0 bridgehead atoms. The molecule has 0 saturated heterocycles. The lowest BCUT2D eigenvalue weighted by Gasteiger charge is -2.06. The number of nitrogens with zero attached hydrogens (tertiary/aromatic N) is 1. The molecule has 1 rings (SSSR count). The van der Waals surface area contributed by atoms with E-state index in [4.69, 9.17) is 9.47 Å². The van der Waals surface area contributed by atoms with Crippen LogP contribution >= 0.6 is 0 Å². The highest BCUT2D eigenvalue weighted by Gasteiger charge is 2.14. The topological polar surface area (TPSA) is 73.6 Å². The first-order valence-corrected chi connectivity index (χ1v) is 5.78. The Morgan fingerprint density at radius 3 is 2.83 bits per heavy atom. The Balaban J connectivity index is 2.56. The second kappa shape index (κ2) is 7.62. The number of methoxy groups -OCH3 is 1. The number of rotatable bonds is 8. The third kappa shape index (κ3) is 4.31. The first-order valence-electron chi connectivity index (χ1n) is 5.78. The summed E-state index contributed by atoms with van der Waals surface area (Å²) in [5, 5.41) is 14.0. The Bertz CT molecular complexity index is 396. The molecular formula is C12H18N2O4. The largest absolute Gasteiger partial charge is 0.490 e. The van der Waals surface area contributed by atoms with Crippen LogP contribution < -0.4 is 10.1 Å². The van der Waals surface area contributed by atoms with Crippen molar-refractivity contribution in [2.24, 2.45) is 0 Å². The van der Waals surface area contributed by atoms with Crippen LogP contribution in [0, 0.1) is 10.1 Å². The van der Waals surface area contributed by atoms with Gasteiger partial charge in [0.25, 0.3) is 0 Å². The Morgan fingerprint density at radius 1 is 1.44 bits per heavy atom. The number of hydrogen-bond acceptors (Lipinski definition) is 5. The van der Waals surface area contributed by atoms with Gasteiger partial charge < -0.3 is 14.8 Å².